The van der Waals surface area contributed by atoms with Gasteiger partial charge in [0.1, 0.15) is 23.9 Å². The van der Waals surface area contributed by atoms with Crippen LogP contribution in [-0.4, -0.2) is 39.1 Å². The highest BCUT2D eigenvalue weighted by atomic mass is 28.4. The van der Waals surface area contributed by atoms with Crippen molar-refractivity contribution in [3.8, 4) is 22.6 Å². The van der Waals surface area contributed by atoms with Gasteiger partial charge in [0, 0.05) is 27.5 Å². The van der Waals surface area contributed by atoms with Gasteiger partial charge in [0.2, 0.25) is 0 Å². The van der Waals surface area contributed by atoms with E-state index in [1.54, 1.807) is 12.1 Å². The summed E-state index contributed by atoms with van der Waals surface area (Å²) in [6, 6.07) is 31.6. The lowest BCUT2D eigenvalue weighted by Crippen LogP contribution is -2.59. The van der Waals surface area contributed by atoms with Crippen LogP contribution in [0.15, 0.2) is 103 Å². The number of halogens is 1. The second-order valence-corrected chi connectivity index (χ2v) is 20.2. The second-order valence-electron chi connectivity index (χ2n) is 18.3. The molecule has 0 spiro atoms. The molecule has 1 unspecified atom stereocenters. The van der Waals surface area contributed by atoms with E-state index in [0.717, 1.165) is 33.2 Å². The van der Waals surface area contributed by atoms with Crippen molar-refractivity contribution in [2.24, 2.45) is 0 Å². The van der Waals surface area contributed by atoms with E-state index in [1.165, 1.54) is 34.4 Å². The third kappa shape index (κ3) is 7.82. The Morgan fingerprint density at radius 2 is 1.18 bits per heavy atom. The van der Waals surface area contributed by atoms with Gasteiger partial charge in [0.05, 0.1) is 23.4 Å². The lowest BCUT2D eigenvalue weighted by molar-refractivity contribution is -0.135. The normalized spacial score (nSPS) is 17.6. The van der Waals surface area contributed by atoms with Gasteiger partial charge in [-0.3, -0.25) is 0 Å². The van der Waals surface area contributed by atoms with Crippen LogP contribution in [0.5, 0.6) is 11.5 Å². The highest BCUT2D eigenvalue weighted by Crippen LogP contribution is 2.58. The second kappa shape index (κ2) is 14.3. The van der Waals surface area contributed by atoms with Gasteiger partial charge in [-0.1, -0.05) is 92.7 Å². The number of rotatable bonds is 10. The highest BCUT2D eigenvalue weighted by Gasteiger charge is 2.54. The Labute approximate surface area is 333 Å². The van der Waals surface area contributed by atoms with Crippen molar-refractivity contribution in [2.75, 3.05) is 13.2 Å². The van der Waals surface area contributed by atoms with Gasteiger partial charge in [-0.25, -0.2) is 4.39 Å². The molecule has 1 heterocycles. The summed E-state index contributed by atoms with van der Waals surface area (Å²) in [6.07, 6.45) is 4.32. The molecule has 0 aromatic heterocycles. The van der Waals surface area contributed by atoms with Crippen LogP contribution in [-0.2, 0) is 28.7 Å². The van der Waals surface area contributed by atoms with E-state index >= 15 is 0 Å². The molecule has 7 rings (SSSR count). The van der Waals surface area contributed by atoms with Crippen LogP contribution < -0.4 is 9.47 Å². The Kier molecular flexibility index (Phi) is 10.2. The highest BCUT2D eigenvalue weighted by molar-refractivity contribution is 6.54. The summed E-state index contributed by atoms with van der Waals surface area (Å²) in [4.78, 5) is 0. The maximum Gasteiger partial charge on any atom is 0.681 e. The fraction of sp³-hybridized carbons (Fsp3) is 0.375. The molecule has 0 fully saturated rings. The number of benzene rings is 5. The molecular weight excluding hydrogens is 720 g/mol. The van der Waals surface area contributed by atoms with E-state index in [1.807, 2.05) is 86.6 Å². The predicted octanol–water partition coefficient (Wildman–Crippen LogP) is 11.9. The molecule has 294 valence electrons. The number of fused-ring (bicyclic) bond motifs is 8. The zero-order valence-electron chi connectivity index (χ0n) is 34.6. The maximum absolute atomic E-state index is 14.4. The van der Waals surface area contributed by atoms with Gasteiger partial charge in [-0.05, 0) is 120 Å². The first-order valence-electron chi connectivity index (χ1n) is 19.5. The van der Waals surface area contributed by atoms with Crippen LogP contribution in [0.3, 0.4) is 0 Å². The molecule has 1 atom stereocenters. The summed E-state index contributed by atoms with van der Waals surface area (Å²) in [6.45, 7) is 22.7. The summed E-state index contributed by atoms with van der Waals surface area (Å²) in [7, 11) is -3.64. The molecule has 56 heavy (non-hydrogen) atoms. The van der Waals surface area contributed by atoms with Gasteiger partial charge in [0.15, 0.2) is 5.60 Å². The summed E-state index contributed by atoms with van der Waals surface area (Å²) >= 11 is 0. The smallest absolute Gasteiger partial charge is 0.491 e. The van der Waals surface area contributed by atoms with Crippen molar-refractivity contribution in [3.63, 3.8) is 0 Å². The molecule has 1 aliphatic heterocycles. The van der Waals surface area contributed by atoms with E-state index in [9.17, 15) is 4.39 Å². The molecular formula is C48H55FO6Si. The third-order valence-electron chi connectivity index (χ3n) is 9.93. The van der Waals surface area contributed by atoms with Crippen LogP contribution in [0.2, 0.25) is 0 Å². The van der Waals surface area contributed by atoms with Crippen LogP contribution in [0.25, 0.3) is 28.0 Å². The van der Waals surface area contributed by atoms with Crippen molar-refractivity contribution in [1.29, 1.82) is 0 Å². The average Bonchev–Trinajstić information content (AvgIpc) is 3.35. The lowest BCUT2D eigenvalue weighted by atomic mass is 9.77. The van der Waals surface area contributed by atoms with Crippen molar-refractivity contribution in [1.82, 2.24) is 0 Å². The molecule has 5 aromatic rings. The number of ether oxygens (including phenoxy) is 2. The first-order valence-corrected chi connectivity index (χ1v) is 21.1. The quantitative estimate of drug-likeness (QED) is 0.104. The Hall–Kier alpha value is -4.31. The SMILES string of the molecule is CC(C)(C)O[Si](OCCOc1ccc(C2(c3ccc(F)cc3)C=Cc3c4c(c5ccccc5c3O2)-c2ccccc2C4(C)C)cc1)(OC(C)(C)C)OC(C)(C)C. The first kappa shape index (κ1) is 39.9. The minimum absolute atomic E-state index is 0.190. The predicted molar refractivity (Wildman–Crippen MR) is 225 cm³/mol. The summed E-state index contributed by atoms with van der Waals surface area (Å²) < 4.78 is 53.7. The van der Waals surface area contributed by atoms with Gasteiger partial charge in [-0.2, -0.15) is 0 Å². The molecule has 2 aliphatic rings. The zero-order chi connectivity index (χ0) is 40.3. The van der Waals surface area contributed by atoms with Crippen molar-refractivity contribution in [2.45, 2.75) is 104 Å². The molecule has 0 radical (unpaired) electrons. The Bertz CT molecular complexity index is 2220. The molecule has 1 aliphatic carbocycles. The van der Waals surface area contributed by atoms with E-state index in [2.05, 4.69) is 74.5 Å². The average molecular weight is 775 g/mol. The van der Waals surface area contributed by atoms with E-state index in [-0.39, 0.29) is 24.4 Å². The Morgan fingerprint density at radius 3 is 1.77 bits per heavy atom. The van der Waals surface area contributed by atoms with Crippen molar-refractivity contribution < 1.29 is 31.6 Å². The molecule has 0 bridgehead atoms. The standard InChI is InChI=1S/C48H55FO6Si/c1-44(2,3)53-56(54-45(4,5)6,55-46(7,8)9)51-31-30-50-35-26-22-33(23-27-35)48(32-20-24-34(49)25-21-32)29-28-39-42-41(36-16-12-13-17-37(36)43(39)52-48)38-18-14-15-19-40(38)47(42,10)11/h12-29H,30-31H2,1-11H3. The van der Waals surface area contributed by atoms with Crippen molar-refractivity contribution >= 4 is 25.9 Å². The van der Waals surface area contributed by atoms with Crippen LogP contribution in [0.4, 0.5) is 4.39 Å². The Morgan fingerprint density at radius 1 is 0.643 bits per heavy atom. The molecule has 8 heteroatoms. The summed E-state index contributed by atoms with van der Waals surface area (Å²) in [5.41, 5.74) is 4.85. The van der Waals surface area contributed by atoms with Gasteiger partial charge < -0.3 is 27.2 Å². The fourth-order valence-corrected chi connectivity index (χ4v) is 10.9. The van der Waals surface area contributed by atoms with Crippen LogP contribution >= 0.6 is 0 Å². The third-order valence-corrected chi connectivity index (χ3v) is 13.1. The zero-order valence-corrected chi connectivity index (χ0v) is 35.6. The number of hydrogen-bond acceptors (Lipinski definition) is 6. The fourth-order valence-electron chi connectivity index (χ4n) is 7.98. The molecule has 0 amide bonds. The van der Waals surface area contributed by atoms with E-state index in [4.69, 9.17) is 27.2 Å². The molecule has 5 aromatic carbocycles. The van der Waals surface area contributed by atoms with Crippen LogP contribution in [0, 0.1) is 5.82 Å². The van der Waals surface area contributed by atoms with E-state index in [0.29, 0.717) is 5.75 Å². The van der Waals surface area contributed by atoms with E-state index < -0.39 is 31.5 Å². The summed E-state index contributed by atoms with van der Waals surface area (Å²) in [5, 5.41) is 2.18. The monoisotopic (exact) mass is 774 g/mol. The minimum Gasteiger partial charge on any atom is -0.491 e. The molecule has 6 nitrogen and oxygen atoms in total. The molecule has 0 saturated carbocycles. The molecule has 0 saturated heterocycles. The molecule has 0 N–H and O–H groups in total. The number of hydrogen-bond donors (Lipinski definition) is 0. The first-order chi connectivity index (χ1) is 26.2. The minimum atomic E-state index is -3.64. The van der Waals surface area contributed by atoms with Crippen molar-refractivity contribution in [3.05, 3.63) is 137 Å². The van der Waals surface area contributed by atoms with Gasteiger partial charge >= 0.3 is 9.05 Å². The topological polar surface area (TPSA) is 55.4 Å². The Balaban J connectivity index is 1.21. The van der Waals surface area contributed by atoms with Crippen LogP contribution in [0.1, 0.15) is 104 Å². The summed E-state index contributed by atoms with van der Waals surface area (Å²) in [5.74, 6) is 1.16. The van der Waals surface area contributed by atoms with Gasteiger partial charge in [-0.15, -0.1) is 0 Å². The largest absolute Gasteiger partial charge is 0.681 e. The lowest BCUT2D eigenvalue weighted by Gasteiger charge is -2.41. The maximum atomic E-state index is 14.4. The van der Waals surface area contributed by atoms with Gasteiger partial charge in [0.25, 0.3) is 0 Å².